The number of carbonyl (C=O) groups excluding carboxylic acids is 1. The lowest BCUT2D eigenvalue weighted by molar-refractivity contribution is -0.139. The standard InChI is InChI=1S/C11H22N2O2.ClH/c1-4-5-15-8-11(14)13-7-9(2)12-6-10(13)3;/h9-10,12H,4-8H2,1-3H3;1H. The van der Waals surface area contributed by atoms with Crippen LogP contribution in [0.4, 0.5) is 0 Å². The van der Waals surface area contributed by atoms with E-state index in [0.29, 0.717) is 12.6 Å². The van der Waals surface area contributed by atoms with Crippen LogP contribution in [0.3, 0.4) is 0 Å². The van der Waals surface area contributed by atoms with Crippen LogP contribution in [-0.4, -0.2) is 49.2 Å². The van der Waals surface area contributed by atoms with Crippen LogP contribution in [-0.2, 0) is 9.53 Å². The maximum atomic E-state index is 11.8. The van der Waals surface area contributed by atoms with E-state index in [9.17, 15) is 4.79 Å². The zero-order valence-corrected chi connectivity index (χ0v) is 11.2. The Balaban J connectivity index is 0.00000225. The van der Waals surface area contributed by atoms with Gasteiger partial charge in [0.15, 0.2) is 0 Å². The molecule has 1 saturated heterocycles. The number of nitrogens with one attached hydrogen (secondary N) is 1. The van der Waals surface area contributed by atoms with Gasteiger partial charge in [-0.2, -0.15) is 0 Å². The van der Waals surface area contributed by atoms with Crippen molar-refractivity contribution < 1.29 is 9.53 Å². The predicted molar refractivity (Wildman–Crippen MR) is 67.0 cm³/mol. The van der Waals surface area contributed by atoms with Crippen LogP contribution in [0.2, 0.25) is 0 Å². The summed E-state index contributed by atoms with van der Waals surface area (Å²) >= 11 is 0. The topological polar surface area (TPSA) is 41.6 Å². The molecule has 0 aromatic carbocycles. The van der Waals surface area contributed by atoms with Gasteiger partial charge in [-0.3, -0.25) is 4.79 Å². The summed E-state index contributed by atoms with van der Waals surface area (Å²) in [6, 6.07) is 0.662. The molecular formula is C11H23ClN2O2. The highest BCUT2D eigenvalue weighted by molar-refractivity contribution is 5.85. The second-order valence-corrected chi connectivity index (χ2v) is 4.26. The maximum absolute atomic E-state index is 11.8. The first-order chi connectivity index (χ1) is 7.15. The molecule has 0 spiro atoms. The Hall–Kier alpha value is -0.320. The third-order valence-corrected chi connectivity index (χ3v) is 2.66. The summed E-state index contributed by atoms with van der Waals surface area (Å²) in [4.78, 5) is 13.7. The third kappa shape index (κ3) is 4.68. The van der Waals surface area contributed by atoms with E-state index >= 15 is 0 Å². The summed E-state index contributed by atoms with van der Waals surface area (Å²) in [6.07, 6.45) is 0.959. The van der Waals surface area contributed by atoms with Crippen molar-refractivity contribution >= 4 is 18.3 Å². The largest absolute Gasteiger partial charge is 0.372 e. The van der Waals surface area contributed by atoms with Gasteiger partial charge >= 0.3 is 0 Å². The minimum absolute atomic E-state index is 0. The molecule has 2 unspecified atom stereocenters. The molecule has 0 aromatic heterocycles. The molecule has 0 bridgehead atoms. The molecule has 16 heavy (non-hydrogen) atoms. The highest BCUT2D eigenvalue weighted by atomic mass is 35.5. The number of nitrogens with zero attached hydrogens (tertiary/aromatic N) is 1. The molecule has 1 aliphatic rings. The Morgan fingerprint density at radius 1 is 1.50 bits per heavy atom. The van der Waals surface area contributed by atoms with Crippen molar-refractivity contribution in [1.29, 1.82) is 0 Å². The maximum Gasteiger partial charge on any atom is 0.248 e. The van der Waals surface area contributed by atoms with Crippen LogP contribution in [0.25, 0.3) is 0 Å². The van der Waals surface area contributed by atoms with Crippen LogP contribution < -0.4 is 5.32 Å². The lowest BCUT2D eigenvalue weighted by Gasteiger charge is -2.37. The van der Waals surface area contributed by atoms with Gasteiger partial charge in [0, 0.05) is 31.8 Å². The number of hydrogen-bond donors (Lipinski definition) is 1. The smallest absolute Gasteiger partial charge is 0.248 e. The number of rotatable bonds is 4. The highest BCUT2D eigenvalue weighted by Gasteiger charge is 2.26. The van der Waals surface area contributed by atoms with Crippen molar-refractivity contribution in [3.63, 3.8) is 0 Å². The van der Waals surface area contributed by atoms with E-state index in [2.05, 4.69) is 19.2 Å². The lowest BCUT2D eigenvalue weighted by atomic mass is 10.1. The van der Waals surface area contributed by atoms with E-state index in [-0.39, 0.29) is 31.0 Å². The molecule has 0 saturated carbocycles. The molecule has 0 radical (unpaired) electrons. The molecule has 1 aliphatic heterocycles. The van der Waals surface area contributed by atoms with Crippen molar-refractivity contribution in [2.75, 3.05) is 26.3 Å². The van der Waals surface area contributed by atoms with Crippen molar-refractivity contribution in [3.05, 3.63) is 0 Å². The van der Waals surface area contributed by atoms with Gasteiger partial charge in [-0.15, -0.1) is 12.4 Å². The van der Waals surface area contributed by atoms with Crippen LogP contribution in [0.1, 0.15) is 27.2 Å². The Bertz CT molecular complexity index is 214. The van der Waals surface area contributed by atoms with E-state index in [4.69, 9.17) is 4.74 Å². The molecule has 1 amide bonds. The predicted octanol–water partition coefficient (Wildman–Crippen LogP) is 1.04. The van der Waals surface area contributed by atoms with Gasteiger partial charge < -0.3 is 15.0 Å². The summed E-state index contributed by atoms with van der Waals surface area (Å²) in [5.41, 5.74) is 0. The fraction of sp³-hybridized carbons (Fsp3) is 0.909. The van der Waals surface area contributed by atoms with Crippen LogP contribution >= 0.6 is 12.4 Å². The van der Waals surface area contributed by atoms with Gasteiger partial charge in [0.05, 0.1) is 0 Å². The summed E-state index contributed by atoms with van der Waals surface area (Å²) in [7, 11) is 0. The molecule has 1 heterocycles. The number of ether oxygens (including phenoxy) is 1. The molecule has 0 aromatic rings. The summed E-state index contributed by atoms with van der Waals surface area (Å²) < 4.78 is 5.27. The first kappa shape index (κ1) is 15.7. The van der Waals surface area contributed by atoms with Gasteiger partial charge in [0.25, 0.3) is 0 Å². The molecule has 96 valence electrons. The highest BCUT2D eigenvalue weighted by Crippen LogP contribution is 2.06. The van der Waals surface area contributed by atoms with E-state index < -0.39 is 0 Å². The fourth-order valence-corrected chi connectivity index (χ4v) is 1.76. The Morgan fingerprint density at radius 2 is 2.19 bits per heavy atom. The van der Waals surface area contributed by atoms with E-state index in [1.165, 1.54) is 0 Å². The average molecular weight is 251 g/mol. The zero-order chi connectivity index (χ0) is 11.3. The van der Waals surface area contributed by atoms with Crippen molar-refractivity contribution in [2.45, 2.75) is 39.3 Å². The quantitative estimate of drug-likeness (QED) is 0.759. The molecule has 5 heteroatoms. The van der Waals surface area contributed by atoms with Crippen LogP contribution in [0, 0.1) is 0 Å². The zero-order valence-electron chi connectivity index (χ0n) is 10.4. The Kier molecular flexibility index (Phi) is 7.72. The normalized spacial score (nSPS) is 25.1. The minimum Gasteiger partial charge on any atom is -0.372 e. The van der Waals surface area contributed by atoms with Gasteiger partial charge in [-0.25, -0.2) is 0 Å². The summed E-state index contributed by atoms with van der Waals surface area (Å²) in [6.45, 7) is 8.76. The van der Waals surface area contributed by atoms with Crippen LogP contribution in [0.5, 0.6) is 0 Å². The monoisotopic (exact) mass is 250 g/mol. The van der Waals surface area contributed by atoms with E-state index in [1.807, 2.05) is 11.8 Å². The molecule has 1 rings (SSSR count). The molecule has 0 aliphatic carbocycles. The van der Waals surface area contributed by atoms with E-state index in [1.54, 1.807) is 0 Å². The first-order valence-corrected chi connectivity index (χ1v) is 5.75. The van der Waals surface area contributed by atoms with Crippen molar-refractivity contribution in [3.8, 4) is 0 Å². The average Bonchev–Trinajstić information content (AvgIpc) is 2.22. The number of carbonyl (C=O) groups is 1. The Morgan fingerprint density at radius 3 is 2.81 bits per heavy atom. The second kappa shape index (κ2) is 7.87. The van der Waals surface area contributed by atoms with Gasteiger partial charge in [-0.05, 0) is 20.3 Å². The molecule has 1 N–H and O–H groups in total. The van der Waals surface area contributed by atoms with Gasteiger partial charge in [-0.1, -0.05) is 6.92 Å². The number of hydrogen-bond acceptors (Lipinski definition) is 3. The Labute approximate surface area is 104 Å². The van der Waals surface area contributed by atoms with Crippen molar-refractivity contribution in [1.82, 2.24) is 10.2 Å². The van der Waals surface area contributed by atoms with Gasteiger partial charge in [0.2, 0.25) is 5.91 Å². The van der Waals surface area contributed by atoms with E-state index in [0.717, 1.165) is 19.5 Å². The molecule has 4 nitrogen and oxygen atoms in total. The molecule has 1 fully saturated rings. The second-order valence-electron chi connectivity index (χ2n) is 4.26. The van der Waals surface area contributed by atoms with Crippen LogP contribution in [0.15, 0.2) is 0 Å². The summed E-state index contributed by atoms with van der Waals surface area (Å²) in [5, 5.41) is 3.35. The fourth-order valence-electron chi connectivity index (χ4n) is 1.76. The number of piperazine rings is 1. The third-order valence-electron chi connectivity index (χ3n) is 2.66. The van der Waals surface area contributed by atoms with Crippen molar-refractivity contribution in [2.24, 2.45) is 0 Å². The number of halogens is 1. The first-order valence-electron chi connectivity index (χ1n) is 5.75. The number of amides is 1. The lowest BCUT2D eigenvalue weighted by Crippen LogP contribution is -2.57. The minimum atomic E-state index is 0. The molecular weight excluding hydrogens is 228 g/mol. The molecule has 2 atom stereocenters. The van der Waals surface area contributed by atoms with Gasteiger partial charge in [0.1, 0.15) is 6.61 Å². The SMILES string of the molecule is CCCOCC(=O)N1CC(C)NCC1C.Cl. The summed E-state index contributed by atoms with van der Waals surface area (Å²) in [5.74, 6) is 0.115.